The molecule has 0 fully saturated rings. The van der Waals surface area contributed by atoms with Gasteiger partial charge in [-0.2, -0.15) is 0 Å². The largest absolute Gasteiger partial charge is 0.448 e. The summed E-state index contributed by atoms with van der Waals surface area (Å²) in [5.74, 6) is 0.705. The van der Waals surface area contributed by atoms with Crippen molar-refractivity contribution in [2.24, 2.45) is 0 Å². The van der Waals surface area contributed by atoms with Gasteiger partial charge in [-0.15, -0.1) is 0 Å². The number of sulfonamides is 1. The molecule has 0 bridgehead atoms. The minimum absolute atomic E-state index is 0.224. The van der Waals surface area contributed by atoms with Crippen LogP contribution in [0.15, 0.2) is 45.7 Å². The van der Waals surface area contributed by atoms with Gasteiger partial charge in [0, 0.05) is 5.69 Å². The number of benzene rings is 1. The van der Waals surface area contributed by atoms with Gasteiger partial charge in [-0.1, -0.05) is 0 Å². The van der Waals surface area contributed by atoms with E-state index in [0.717, 1.165) is 5.69 Å². The molecule has 0 unspecified atom stereocenters. The Morgan fingerprint density at radius 3 is 2.37 bits per heavy atom. The molecule has 0 spiro atoms. The number of anilines is 1. The molecule has 1 aromatic carbocycles. The van der Waals surface area contributed by atoms with Gasteiger partial charge >= 0.3 is 0 Å². The van der Waals surface area contributed by atoms with Crippen LogP contribution in [0.4, 0.5) is 5.69 Å². The van der Waals surface area contributed by atoms with Gasteiger partial charge in [0.15, 0.2) is 5.22 Å². The van der Waals surface area contributed by atoms with Gasteiger partial charge in [0.1, 0.15) is 5.76 Å². The van der Waals surface area contributed by atoms with Gasteiger partial charge in [-0.05, 0) is 55.0 Å². The van der Waals surface area contributed by atoms with Gasteiger partial charge in [0.25, 0.3) is 0 Å². The molecule has 5 nitrogen and oxygen atoms in total. The fourth-order valence-electron chi connectivity index (χ4n) is 1.51. The van der Waals surface area contributed by atoms with Crippen LogP contribution in [0, 0.1) is 0 Å². The van der Waals surface area contributed by atoms with Gasteiger partial charge in [-0.25, -0.2) is 13.1 Å². The molecular formula is C12H13ClN2O3S. The van der Waals surface area contributed by atoms with Crippen molar-refractivity contribution >= 4 is 27.3 Å². The van der Waals surface area contributed by atoms with Gasteiger partial charge in [0.05, 0.1) is 11.4 Å². The lowest BCUT2D eigenvalue weighted by Gasteiger charge is -2.06. The topological polar surface area (TPSA) is 71.3 Å². The zero-order chi connectivity index (χ0) is 13.9. The average molecular weight is 301 g/mol. The first-order valence-electron chi connectivity index (χ1n) is 5.53. The van der Waals surface area contributed by atoms with Crippen molar-refractivity contribution in [2.45, 2.75) is 11.4 Å². The fraction of sp³-hybridized carbons (Fsp3) is 0.167. The molecule has 102 valence electrons. The van der Waals surface area contributed by atoms with Crippen LogP contribution in [0.1, 0.15) is 5.76 Å². The van der Waals surface area contributed by atoms with Crippen LogP contribution in [0.25, 0.3) is 0 Å². The van der Waals surface area contributed by atoms with Crippen molar-refractivity contribution in [2.75, 3.05) is 12.4 Å². The molecule has 1 heterocycles. The Kier molecular flexibility index (Phi) is 4.14. The molecular weight excluding hydrogens is 288 g/mol. The van der Waals surface area contributed by atoms with Gasteiger partial charge < -0.3 is 9.73 Å². The maximum atomic E-state index is 11.5. The van der Waals surface area contributed by atoms with Crippen LogP contribution >= 0.6 is 11.6 Å². The average Bonchev–Trinajstić information content (AvgIpc) is 2.83. The van der Waals surface area contributed by atoms with E-state index in [0.29, 0.717) is 17.5 Å². The van der Waals surface area contributed by atoms with E-state index in [4.69, 9.17) is 16.0 Å². The maximum Gasteiger partial charge on any atom is 0.240 e. The third-order valence-corrected chi connectivity index (χ3v) is 4.16. The van der Waals surface area contributed by atoms with Crippen molar-refractivity contribution in [3.63, 3.8) is 0 Å². The van der Waals surface area contributed by atoms with Crippen molar-refractivity contribution in [3.8, 4) is 0 Å². The molecule has 1 aromatic heterocycles. The second-order valence-electron chi connectivity index (χ2n) is 3.79. The summed E-state index contributed by atoms with van der Waals surface area (Å²) < 4.78 is 30.5. The lowest BCUT2D eigenvalue weighted by Crippen LogP contribution is -2.18. The zero-order valence-electron chi connectivity index (χ0n) is 10.2. The van der Waals surface area contributed by atoms with Crippen LogP contribution in [-0.4, -0.2) is 15.5 Å². The van der Waals surface area contributed by atoms with E-state index < -0.39 is 10.0 Å². The SMILES string of the molecule is CNS(=O)(=O)c1ccc(NCc2ccc(Cl)o2)cc1. The van der Waals surface area contributed by atoms with Crippen LogP contribution < -0.4 is 10.0 Å². The summed E-state index contributed by atoms with van der Waals surface area (Å²) in [4.78, 5) is 0.224. The van der Waals surface area contributed by atoms with E-state index in [1.807, 2.05) is 0 Å². The molecule has 2 aromatic rings. The molecule has 2 rings (SSSR count). The standard InChI is InChI=1S/C12H13ClN2O3S/c1-14-19(16,17)11-5-2-9(3-6-11)15-8-10-4-7-12(13)18-10/h2-7,14-15H,8H2,1H3. The van der Waals surface area contributed by atoms with Crippen LogP contribution in [0.3, 0.4) is 0 Å². The minimum atomic E-state index is -3.39. The molecule has 0 saturated carbocycles. The first-order chi connectivity index (χ1) is 9.01. The number of hydrogen-bond acceptors (Lipinski definition) is 4. The molecule has 0 aliphatic heterocycles. The number of furan rings is 1. The van der Waals surface area contributed by atoms with Crippen molar-refractivity contribution in [1.82, 2.24) is 4.72 Å². The molecule has 2 N–H and O–H groups in total. The van der Waals surface area contributed by atoms with E-state index in [9.17, 15) is 8.42 Å². The minimum Gasteiger partial charge on any atom is -0.448 e. The Balaban J connectivity index is 2.03. The monoisotopic (exact) mass is 300 g/mol. The van der Waals surface area contributed by atoms with E-state index >= 15 is 0 Å². The lowest BCUT2D eigenvalue weighted by molar-refractivity contribution is 0.520. The van der Waals surface area contributed by atoms with Crippen molar-refractivity contribution in [3.05, 3.63) is 47.4 Å². The molecule has 19 heavy (non-hydrogen) atoms. The summed E-state index contributed by atoms with van der Waals surface area (Å²) in [6.07, 6.45) is 0. The number of nitrogens with one attached hydrogen (secondary N) is 2. The Morgan fingerprint density at radius 2 is 1.84 bits per heavy atom. The van der Waals surface area contributed by atoms with Crippen LogP contribution in [0.2, 0.25) is 5.22 Å². The zero-order valence-corrected chi connectivity index (χ0v) is 11.8. The number of halogens is 1. The van der Waals surface area contributed by atoms with E-state index in [2.05, 4.69) is 10.0 Å². The first-order valence-corrected chi connectivity index (χ1v) is 7.39. The van der Waals surface area contributed by atoms with Crippen molar-refractivity contribution in [1.29, 1.82) is 0 Å². The van der Waals surface area contributed by atoms with Crippen LogP contribution in [0.5, 0.6) is 0 Å². The summed E-state index contributed by atoms with van der Waals surface area (Å²) in [6.45, 7) is 0.477. The normalized spacial score (nSPS) is 11.5. The first kappa shape index (κ1) is 13.9. The summed E-state index contributed by atoms with van der Waals surface area (Å²) in [5, 5.41) is 3.44. The maximum absolute atomic E-state index is 11.5. The second-order valence-corrected chi connectivity index (χ2v) is 6.05. The number of hydrogen-bond donors (Lipinski definition) is 2. The quantitative estimate of drug-likeness (QED) is 0.890. The van der Waals surface area contributed by atoms with Gasteiger partial charge in [-0.3, -0.25) is 0 Å². The molecule has 0 aliphatic carbocycles. The fourth-order valence-corrected chi connectivity index (χ4v) is 2.40. The highest BCUT2D eigenvalue weighted by Gasteiger charge is 2.10. The third kappa shape index (κ3) is 3.50. The highest BCUT2D eigenvalue weighted by molar-refractivity contribution is 7.89. The highest BCUT2D eigenvalue weighted by atomic mass is 35.5. The molecule has 0 radical (unpaired) electrons. The predicted molar refractivity (Wildman–Crippen MR) is 73.7 cm³/mol. The predicted octanol–water partition coefficient (Wildman–Crippen LogP) is 2.45. The molecule has 0 amide bonds. The highest BCUT2D eigenvalue weighted by Crippen LogP contribution is 2.17. The van der Waals surface area contributed by atoms with Gasteiger partial charge in [0.2, 0.25) is 10.0 Å². The second kappa shape index (κ2) is 5.64. The summed E-state index contributed by atoms with van der Waals surface area (Å²) >= 11 is 5.66. The molecule has 0 atom stereocenters. The van der Waals surface area contributed by atoms with Crippen molar-refractivity contribution < 1.29 is 12.8 Å². The third-order valence-electron chi connectivity index (χ3n) is 2.53. The Bertz CT molecular complexity index is 650. The molecule has 0 aliphatic rings. The molecule has 0 saturated heterocycles. The summed E-state index contributed by atoms with van der Waals surface area (Å²) in [5.41, 5.74) is 0.794. The summed E-state index contributed by atoms with van der Waals surface area (Å²) in [6, 6.07) is 9.88. The van der Waals surface area contributed by atoms with E-state index in [-0.39, 0.29) is 4.90 Å². The lowest BCUT2D eigenvalue weighted by atomic mass is 10.3. The summed E-state index contributed by atoms with van der Waals surface area (Å²) in [7, 11) is -2.02. The Labute approximate surface area is 116 Å². The van der Waals surface area contributed by atoms with Crippen LogP contribution in [-0.2, 0) is 16.6 Å². The molecule has 7 heteroatoms. The number of rotatable bonds is 5. The van der Waals surface area contributed by atoms with E-state index in [1.165, 1.54) is 19.2 Å². The Hall–Kier alpha value is -1.50. The smallest absolute Gasteiger partial charge is 0.240 e. The van der Waals surface area contributed by atoms with E-state index in [1.54, 1.807) is 24.3 Å². The Morgan fingerprint density at radius 1 is 1.16 bits per heavy atom.